The van der Waals surface area contributed by atoms with Crippen LogP contribution in [-0.2, 0) is 10.1 Å². The normalized spacial score (nSPS) is 11.5. The Morgan fingerprint density at radius 2 is 1.77 bits per heavy atom. The summed E-state index contributed by atoms with van der Waals surface area (Å²) in [7, 11) is -3.97. The van der Waals surface area contributed by atoms with Crippen LogP contribution in [0.1, 0.15) is 0 Å². The molecule has 2 aromatic carbocycles. The van der Waals surface area contributed by atoms with Gasteiger partial charge in [-0.15, -0.1) is 0 Å². The fourth-order valence-corrected chi connectivity index (χ4v) is 4.37. The van der Waals surface area contributed by atoms with E-state index in [1.165, 1.54) is 6.07 Å². The first kappa shape index (κ1) is 15.5. The molecule has 0 aliphatic carbocycles. The van der Waals surface area contributed by atoms with Crippen molar-refractivity contribution in [3.63, 3.8) is 0 Å². The van der Waals surface area contributed by atoms with Gasteiger partial charge in [-0.25, -0.2) is 0 Å². The molecule has 0 bridgehead atoms. The third-order valence-electron chi connectivity index (χ3n) is 2.96. The van der Waals surface area contributed by atoms with Crippen LogP contribution in [0.25, 0.3) is 10.9 Å². The molecule has 0 spiro atoms. The predicted molar refractivity (Wildman–Crippen MR) is 91.4 cm³/mol. The van der Waals surface area contributed by atoms with E-state index in [1.54, 1.807) is 36.5 Å². The van der Waals surface area contributed by atoms with E-state index in [4.69, 9.17) is 4.18 Å². The maximum atomic E-state index is 12.5. The zero-order valence-corrected chi connectivity index (χ0v) is 15.0. The van der Waals surface area contributed by atoms with E-state index < -0.39 is 10.1 Å². The number of benzene rings is 2. The lowest BCUT2D eigenvalue weighted by Crippen LogP contribution is -2.11. The molecule has 3 rings (SSSR count). The molecule has 3 aromatic rings. The zero-order valence-electron chi connectivity index (χ0n) is 11.0. The Balaban J connectivity index is 2.09. The van der Waals surface area contributed by atoms with Crippen LogP contribution in [0.2, 0.25) is 0 Å². The smallest absolute Gasteiger partial charge is 0.340 e. The van der Waals surface area contributed by atoms with Crippen molar-refractivity contribution in [3.05, 3.63) is 63.7 Å². The first-order valence-corrected chi connectivity index (χ1v) is 9.20. The molecule has 0 N–H and O–H groups in total. The second-order valence-corrected chi connectivity index (χ2v) is 7.73. The molecule has 0 aliphatic rings. The van der Waals surface area contributed by atoms with Crippen molar-refractivity contribution >= 4 is 52.9 Å². The summed E-state index contributed by atoms with van der Waals surface area (Å²) in [6, 6.07) is 13.6. The predicted octanol–water partition coefficient (Wildman–Crippen LogP) is 4.53. The number of hydrogen-bond donors (Lipinski definition) is 0. The molecule has 0 saturated heterocycles. The van der Waals surface area contributed by atoms with Crippen molar-refractivity contribution in [1.82, 2.24) is 4.98 Å². The number of pyridine rings is 1. The summed E-state index contributed by atoms with van der Waals surface area (Å²) < 4.78 is 31.4. The van der Waals surface area contributed by atoms with E-state index in [-0.39, 0.29) is 10.6 Å². The Morgan fingerprint density at radius 3 is 2.59 bits per heavy atom. The van der Waals surface area contributed by atoms with Gasteiger partial charge in [0.15, 0.2) is 5.75 Å². The molecule has 4 nitrogen and oxygen atoms in total. The lowest BCUT2D eigenvalue weighted by Gasteiger charge is -2.10. The average molecular weight is 443 g/mol. The first-order valence-electron chi connectivity index (χ1n) is 6.21. The third kappa shape index (κ3) is 3.02. The molecule has 0 unspecified atom stereocenters. The van der Waals surface area contributed by atoms with E-state index in [9.17, 15) is 8.42 Å². The topological polar surface area (TPSA) is 56.3 Å². The molecule has 112 valence electrons. The van der Waals surface area contributed by atoms with Gasteiger partial charge < -0.3 is 4.18 Å². The van der Waals surface area contributed by atoms with Crippen molar-refractivity contribution in [2.24, 2.45) is 0 Å². The highest BCUT2D eigenvalue weighted by atomic mass is 79.9. The molecule has 0 saturated carbocycles. The second-order valence-electron chi connectivity index (χ2n) is 4.44. The van der Waals surface area contributed by atoms with Gasteiger partial charge in [-0.05, 0) is 46.3 Å². The van der Waals surface area contributed by atoms with E-state index in [2.05, 4.69) is 36.8 Å². The number of halogens is 2. The molecule has 0 atom stereocenters. The number of aromatic nitrogens is 1. The molecule has 0 fully saturated rings. The second kappa shape index (κ2) is 5.98. The van der Waals surface area contributed by atoms with Crippen molar-refractivity contribution in [2.75, 3.05) is 0 Å². The van der Waals surface area contributed by atoms with Crippen molar-refractivity contribution in [3.8, 4) is 5.75 Å². The van der Waals surface area contributed by atoms with E-state index in [0.717, 1.165) is 5.39 Å². The number of para-hydroxylation sites is 1. The summed E-state index contributed by atoms with van der Waals surface area (Å²) in [6.07, 6.45) is 1.59. The summed E-state index contributed by atoms with van der Waals surface area (Å²) in [4.78, 5) is 4.24. The van der Waals surface area contributed by atoms with Gasteiger partial charge in [0.2, 0.25) is 0 Å². The van der Waals surface area contributed by atoms with Crippen LogP contribution in [0.15, 0.2) is 68.6 Å². The highest BCUT2D eigenvalue weighted by Crippen LogP contribution is 2.30. The molecule has 22 heavy (non-hydrogen) atoms. The first-order chi connectivity index (χ1) is 10.5. The minimum absolute atomic E-state index is 0.0507. The Hall–Kier alpha value is -1.44. The summed E-state index contributed by atoms with van der Waals surface area (Å²) >= 11 is 6.49. The van der Waals surface area contributed by atoms with Gasteiger partial charge in [0, 0.05) is 20.5 Å². The van der Waals surface area contributed by atoms with Gasteiger partial charge in [0.25, 0.3) is 0 Å². The molecular formula is C15H9Br2NO3S. The van der Waals surface area contributed by atoms with Crippen molar-refractivity contribution < 1.29 is 12.6 Å². The van der Waals surface area contributed by atoms with Gasteiger partial charge in [-0.1, -0.05) is 34.1 Å². The lowest BCUT2D eigenvalue weighted by atomic mass is 10.2. The molecule has 0 radical (unpaired) electrons. The van der Waals surface area contributed by atoms with Crippen LogP contribution in [0.3, 0.4) is 0 Å². The van der Waals surface area contributed by atoms with Gasteiger partial charge in [0.05, 0.1) is 0 Å². The minimum atomic E-state index is -3.97. The van der Waals surface area contributed by atoms with Crippen LogP contribution >= 0.6 is 31.9 Å². The van der Waals surface area contributed by atoms with Crippen LogP contribution in [0.5, 0.6) is 5.75 Å². The highest BCUT2D eigenvalue weighted by molar-refractivity contribution is 9.11. The molecule has 1 heterocycles. The third-order valence-corrected chi connectivity index (χ3v) is 5.68. The quantitative estimate of drug-likeness (QED) is 0.559. The number of fused-ring (bicyclic) bond motifs is 1. The Labute approximate surface area is 144 Å². The molecule has 0 aliphatic heterocycles. The van der Waals surface area contributed by atoms with Crippen LogP contribution in [-0.4, -0.2) is 13.4 Å². The van der Waals surface area contributed by atoms with Crippen LogP contribution < -0.4 is 4.18 Å². The van der Waals surface area contributed by atoms with Gasteiger partial charge in [-0.2, -0.15) is 8.42 Å². The largest absolute Gasteiger partial charge is 0.377 e. The Bertz CT molecular complexity index is 953. The molecule has 7 heteroatoms. The van der Waals surface area contributed by atoms with Crippen molar-refractivity contribution in [1.29, 1.82) is 0 Å². The van der Waals surface area contributed by atoms with E-state index in [1.807, 2.05) is 12.1 Å². The zero-order chi connectivity index (χ0) is 15.7. The maximum Gasteiger partial charge on any atom is 0.340 e. The fourth-order valence-electron chi connectivity index (χ4n) is 1.98. The minimum Gasteiger partial charge on any atom is -0.377 e. The average Bonchev–Trinajstić information content (AvgIpc) is 2.50. The van der Waals surface area contributed by atoms with Crippen LogP contribution in [0, 0.1) is 0 Å². The standard InChI is InChI=1S/C15H9Br2NO3S/c16-11-6-7-12(17)14(9-11)22(19,20)21-13-5-1-3-10-4-2-8-18-15(10)13/h1-9H. The molecule has 1 aromatic heterocycles. The number of rotatable bonds is 3. The van der Waals surface area contributed by atoms with E-state index >= 15 is 0 Å². The van der Waals surface area contributed by atoms with Gasteiger partial charge in [0.1, 0.15) is 10.4 Å². The summed E-state index contributed by atoms with van der Waals surface area (Å²) in [5.41, 5.74) is 0.500. The van der Waals surface area contributed by atoms with Gasteiger partial charge >= 0.3 is 10.1 Å². The Kier molecular flexibility index (Phi) is 4.20. The van der Waals surface area contributed by atoms with Gasteiger partial charge in [-0.3, -0.25) is 4.98 Å². The maximum absolute atomic E-state index is 12.5. The SMILES string of the molecule is O=S(=O)(Oc1cccc2cccnc12)c1cc(Br)ccc1Br. The summed E-state index contributed by atoms with van der Waals surface area (Å²) in [5, 5.41) is 0.809. The summed E-state index contributed by atoms with van der Waals surface area (Å²) in [6.45, 7) is 0. The fraction of sp³-hybridized carbons (Fsp3) is 0. The monoisotopic (exact) mass is 441 g/mol. The number of hydrogen-bond acceptors (Lipinski definition) is 4. The van der Waals surface area contributed by atoms with E-state index in [0.29, 0.717) is 14.5 Å². The number of nitrogens with zero attached hydrogens (tertiary/aromatic N) is 1. The molecule has 0 amide bonds. The van der Waals surface area contributed by atoms with Crippen LogP contribution in [0.4, 0.5) is 0 Å². The molecular weight excluding hydrogens is 434 g/mol. The highest BCUT2D eigenvalue weighted by Gasteiger charge is 2.21. The Morgan fingerprint density at radius 1 is 1.00 bits per heavy atom. The van der Waals surface area contributed by atoms with Crippen molar-refractivity contribution in [2.45, 2.75) is 4.90 Å². The lowest BCUT2D eigenvalue weighted by molar-refractivity contribution is 0.487. The summed E-state index contributed by atoms with van der Waals surface area (Å²) in [5.74, 6) is 0.199.